The van der Waals surface area contributed by atoms with Crippen LogP contribution in [0.2, 0.25) is 0 Å². The summed E-state index contributed by atoms with van der Waals surface area (Å²) in [6.45, 7) is 1.57. The minimum Gasteiger partial charge on any atom is -0.496 e. The summed E-state index contributed by atoms with van der Waals surface area (Å²) in [5.74, 6) is 0.916. The standard InChI is InChI=1S/C17H19N3O/c1-20-10-9-14(19-20)12-18-11-13-7-8-17(21-2)16-6-4-3-5-15(13)16/h3-10,18H,11-12H2,1-2H3. The molecule has 108 valence electrons. The molecule has 1 aromatic heterocycles. The van der Waals surface area contributed by atoms with Crippen molar-refractivity contribution in [3.05, 3.63) is 59.9 Å². The lowest BCUT2D eigenvalue weighted by Crippen LogP contribution is -2.13. The maximum atomic E-state index is 5.43. The second kappa shape index (κ2) is 5.97. The lowest BCUT2D eigenvalue weighted by Gasteiger charge is -2.11. The minimum atomic E-state index is 0.765. The Morgan fingerprint density at radius 1 is 1.05 bits per heavy atom. The maximum absolute atomic E-state index is 5.43. The summed E-state index contributed by atoms with van der Waals surface area (Å²) in [6, 6.07) is 14.5. The molecule has 0 aliphatic carbocycles. The van der Waals surface area contributed by atoms with Crippen LogP contribution in [0, 0.1) is 0 Å². The van der Waals surface area contributed by atoms with Crippen molar-refractivity contribution in [2.24, 2.45) is 7.05 Å². The minimum absolute atomic E-state index is 0.765. The van der Waals surface area contributed by atoms with Gasteiger partial charge in [0.15, 0.2) is 0 Å². The topological polar surface area (TPSA) is 39.1 Å². The molecule has 0 unspecified atom stereocenters. The third kappa shape index (κ3) is 2.90. The molecule has 3 rings (SSSR count). The van der Waals surface area contributed by atoms with Gasteiger partial charge in [0, 0.05) is 31.7 Å². The zero-order chi connectivity index (χ0) is 14.7. The normalized spacial score (nSPS) is 11.0. The van der Waals surface area contributed by atoms with Crippen molar-refractivity contribution in [1.29, 1.82) is 0 Å². The van der Waals surface area contributed by atoms with Gasteiger partial charge in [0.2, 0.25) is 0 Å². The first-order valence-corrected chi connectivity index (χ1v) is 7.02. The molecule has 0 fully saturated rings. The molecule has 1 N–H and O–H groups in total. The van der Waals surface area contributed by atoms with E-state index >= 15 is 0 Å². The van der Waals surface area contributed by atoms with Crippen LogP contribution < -0.4 is 10.1 Å². The molecule has 21 heavy (non-hydrogen) atoms. The highest BCUT2D eigenvalue weighted by Gasteiger charge is 2.06. The van der Waals surface area contributed by atoms with E-state index in [1.165, 1.54) is 10.9 Å². The van der Waals surface area contributed by atoms with Crippen molar-refractivity contribution >= 4 is 10.8 Å². The van der Waals surface area contributed by atoms with E-state index in [4.69, 9.17) is 4.74 Å². The van der Waals surface area contributed by atoms with Gasteiger partial charge in [-0.05, 0) is 23.1 Å². The molecule has 0 amide bonds. The Morgan fingerprint density at radius 3 is 2.57 bits per heavy atom. The van der Waals surface area contributed by atoms with E-state index < -0.39 is 0 Å². The smallest absolute Gasteiger partial charge is 0.126 e. The van der Waals surface area contributed by atoms with Crippen LogP contribution in [-0.2, 0) is 20.1 Å². The fourth-order valence-corrected chi connectivity index (χ4v) is 2.55. The number of hydrogen-bond donors (Lipinski definition) is 1. The highest BCUT2D eigenvalue weighted by Crippen LogP contribution is 2.28. The van der Waals surface area contributed by atoms with Gasteiger partial charge in [0.05, 0.1) is 12.8 Å². The Bertz CT molecular complexity index is 749. The van der Waals surface area contributed by atoms with Crippen LogP contribution in [-0.4, -0.2) is 16.9 Å². The number of nitrogens with one attached hydrogen (secondary N) is 1. The number of ether oxygens (including phenoxy) is 1. The highest BCUT2D eigenvalue weighted by atomic mass is 16.5. The highest BCUT2D eigenvalue weighted by molar-refractivity contribution is 5.91. The number of rotatable bonds is 5. The maximum Gasteiger partial charge on any atom is 0.126 e. The first kappa shape index (κ1) is 13.6. The molecule has 0 atom stereocenters. The first-order chi connectivity index (χ1) is 10.3. The average Bonchev–Trinajstić information content (AvgIpc) is 2.93. The van der Waals surface area contributed by atoms with Gasteiger partial charge in [-0.2, -0.15) is 5.10 Å². The monoisotopic (exact) mass is 281 g/mol. The van der Waals surface area contributed by atoms with Crippen molar-refractivity contribution in [2.75, 3.05) is 7.11 Å². The zero-order valence-corrected chi connectivity index (χ0v) is 12.3. The zero-order valence-electron chi connectivity index (χ0n) is 12.3. The SMILES string of the molecule is COc1ccc(CNCc2ccn(C)n2)c2ccccc12. The van der Waals surface area contributed by atoms with Crippen LogP contribution >= 0.6 is 0 Å². The molecule has 0 bridgehead atoms. The van der Waals surface area contributed by atoms with E-state index in [1.54, 1.807) is 7.11 Å². The van der Waals surface area contributed by atoms with Gasteiger partial charge in [-0.1, -0.05) is 30.3 Å². The van der Waals surface area contributed by atoms with Crippen molar-refractivity contribution in [3.63, 3.8) is 0 Å². The van der Waals surface area contributed by atoms with Crippen LogP contribution in [0.1, 0.15) is 11.3 Å². The first-order valence-electron chi connectivity index (χ1n) is 7.02. The van der Waals surface area contributed by atoms with Gasteiger partial charge in [0.25, 0.3) is 0 Å². The van der Waals surface area contributed by atoms with E-state index in [2.05, 4.69) is 34.7 Å². The van der Waals surface area contributed by atoms with Gasteiger partial charge in [-0.25, -0.2) is 0 Å². The van der Waals surface area contributed by atoms with Crippen molar-refractivity contribution in [3.8, 4) is 5.75 Å². The van der Waals surface area contributed by atoms with Crippen molar-refractivity contribution < 1.29 is 4.74 Å². The van der Waals surface area contributed by atoms with Gasteiger partial charge in [-0.3, -0.25) is 4.68 Å². The van der Waals surface area contributed by atoms with E-state index in [0.717, 1.165) is 29.9 Å². The predicted octanol–water partition coefficient (Wildman–Crippen LogP) is 2.87. The molecule has 0 aliphatic rings. The molecule has 0 radical (unpaired) electrons. The van der Waals surface area contributed by atoms with Crippen molar-refractivity contribution in [2.45, 2.75) is 13.1 Å². The molecular weight excluding hydrogens is 262 g/mol. The third-order valence-electron chi connectivity index (χ3n) is 3.58. The molecule has 0 aliphatic heterocycles. The van der Waals surface area contributed by atoms with Gasteiger partial charge in [-0.15, -0.1) is 0 Å². The van der Waals surface area contributed by atoms with E-state index in [-0.39, 0.29) is 0 Å². The molecule has 4 heteroatoms. The summed E-state index contributed by atoms with van der Waals surface area (Å²) in [5.41, 5.74) is 2.32. The van der Waals surface area contributed by atoms with Crippen LogP contribution in [0.3, 0.4) is 0 Å². The Kier molecular flexibility index (Phi) is 3.88. The number of fused-ring (bicyclic) bond motifs is 1. The largest absolute Gasteiger partial charge is 0.496 e. The summed E-state index contributed by atoms with van der Waals surface area (Å²) >= 11 is 0. The fourth-order valence-electron chi connectivity index (χ4n) is 2.55. The Morgan fingerprint density at radius 2 is 1.86 bits per heavy atom. The number of hydrogen-bond acceptors (Lipinski definition) is 3. The molecule has 4 nitrogen and oxygen atoms in total. The Hall–Kier alpha value is -2.33. The molecule has 0 saturated carbocycles. The summed E-state index contributed by atoms with van der Waals surface area (Å²) in [6.07, 6.45) is 1.96. The van der Waals surface area contributed by atoms with Gasteiger partial charge in [0.1, 0.15) is 5.75 Å². The van der Waals surface area contributed by atoms with Crippen molar-refractivity contribution in [1.82, 2.24) is 15.1 Å². The predicted molar refractivity (Wildman–Crippen MR) is 84.3 cm³/mol. The lowest BCUT2D eigenvalue weighted by molar-refractivity contribution is 0.419. The number of nitrogens with zero attached hydrogens (tertiary/aromatic N) is 2. The number of methoxy groups -OCH3 is 1. The van der Waals surface area contributed by atoms with Crippen LogP contribution in [0.25, 0.3) is 10.8 Å². The average molecular weight is 281 g/mol. The fraction of sp³-hybridized carbons (Fsp3) is 0.235. The van der Waals surface area contributed by atoms with Gasteiger partial charge < -0.3 is 10.1 Å². The third-order valence-corrected chi connectivity index (χ3v) is 3.58. The second-order valence-electron chi connectivity index (χ2n) is 5.06. The molecular formula is C17H19N3O. The molecule has 1 heterocycles. The van der Waals surface area contributed by atoms with Crippen LogP contribution in [0.15, 0.2) is 48.7 Å². The molecule has 3 aromatic rings. The second-order valence-corrected chi connectivity index (χ2v) is 5.06. The molecule has 2 aromatic carbocycles. The summed E-state index contributed by atoms with van der Waals surface area (Å²) in [5, 5.41) is 10.2. The molecule has 0 spiro atoms. The van der Waals surface area contributed by atoms with E-state index in [0.29, 0.717) is 0 Å². The number of aromatic nitrogens is 2. The van der Waals surface area contributed by atoms with Crippen LogP contribution in [0.5, 0.6) is 5.75 Å². The Balaban J connectivity index is 1.78. The van der Waals surface area contributed by atoms with Gasteiger partial charge >= 0.3 is 0 Å². The quantitative estimate of drug-likeness (QED) is 0.781. The van der Waals surface area contributed by atoms with E-state index in [1.807, 2.05) is 36.1 Å². The summed E-state index contributed by atoms with van der Waals surface area (Å²) in [7, 11) is 3.64. The molecule has 0 saturated heterocycles. The van der Waals surface area contributed by atoms with Crippen LogP contribution in [0.4, 0.5) is 0 Å². The summed E-state index contributed by atoms with van der Waals surface area (Å²) < 4.78 is 7.25. The number of benzene rings is 2. The summed E-state index contributed by atoms with van der Waals surface area (Å²) in [4.78, 5) is 0. The lowest BCUT2D eigenvalue weighted by atomic mass is 10.0. The van der Waals surface area contributed by atoms with E-state index in [9.17, 15) is 0 Å². The Labute approximate surface area is 124 Å². The number of aryl methyl sites for hydroxylation is 1.